The van der Waals surface area contributed by atoms with E-state index in [1.807, 2.05) is 44.2 Å². The first-order valence-corrected chi connectivity index (χ1v) is 8.87. The summed E-state index contributed by atoms with van der Waals surface area (Å²) in [6.07, 6.45) is -1.68. The minimum atomic E-state index is -4.33. The molecule has 8 heteroatoms. The summed E-state index contributed by atoms with van der Waals surface area (Å²) in [5, 5.41) is 0. The Morgan fingerprint density at radius 3 is 2.37 bits per heavy atom. The molecule has 2 aromatic rings. The van der Waals surface area contributed by atoms with Gasteiger partial charge in [-0.25, -0.2) is 4.98 Å². The van der Waals surface area contributed by atoms with Gasteiger partial charge in [-0.2, -0.15) is 13.2 Å². The number of benzene rings is 1. The number of likely N-dealkylation sites (N-methyl/N-ethyl adjacent to an activating group) is 2. The molecule has 0 N–H and O–H groups in total. The third-order valence-electron chi connectivity index (χ3n) is 4.41. The maximum atomic E-state index is 13.1. The summed E-state index contributed by atoms with van der Waals surface area (Å²) < 4.78 is 39.4. The molecule has 1 aromatic carbocycles. The van der Waals surface area contributed by atoms with Gasteiger partial charge in [-0.05, 0) is 26.5 Å². The first-order chi connectivity index (χ1) is 12.8. The van der Waals surface area contributed by atoms with Crippen molar-refractivity contribution in [3.05, 3.63) is 54.1 Å². The molecule has 148 valence electrons. The molecule has 5 nitrogen and oxygen atoms in total. The zero-order chi connectivity index (χ0) is 20.0. The molecular weight excluding hydrogens is 357 g/mol. The number of amides is 1. The number of hydrogen-bond acceptors (Lipinski definition) is 3. The molecule has 0 aliphatic heterocycles. The van der Waals surface area contributed by atoms with E-state index in [-0.39, 0.29) is 18.3 Å². The van der Waals surface area contributed by atoms with Crippen molar-refractivity contribution in [2.75, 3.05) is 20.1 Å². The minimum Gasteiger partial charge on any atom is -0.342 e. The number of imidazole rings is 1. The van der Waals surface area contributed by atoms with E-state index in [1.165, 1.54) is 12.4 Å². The molecule has 0 aliphatic carbocycles. The summed E-state index contributed by atoms with van der Waals surface area (Å²) in [7, 11) is 1.73. The highest BCUT2D eigenvalue weighted by Gasteiger charge is 2.31. The Bertz CT molecular complexity index is 726. The highest BCUT2D eigenvalue weighted by molar-refractivity contribution is 5.83. The van der Waals surface area contributed by atoms with E-state index in [1.54, 1.807) is 16.8 Å². The standard InChI is InChI=1S/C19H25F3N4O/c1-4-25(5-2)18(27)17(15-9-7-6-8-10-15)24(3)13-16-23-11-12-26(16)14-19(20,21)22/h6-12,17H,4-5,13-14H2,1-3H3. The van der Waals surface area contributed by atoms with Crippen molar-refractivity contribution in [1.29, 1.82) is 0 Å². The molecule has 0 spiro atoms. The Labute approximate surface area is 157 Å². The van der Waals surface area contributed by atoms with Gasteiger partial charge in [-0.1, -0.05) is 30.3 Å². The van der Waals surface area contributed by atoms with Gasteiger partial charge in [0, 0.05) is 25.5 Å². The summed E-state index contributed by atoms with van der Waals surface area (Å²) in [6.45, 7) is 3.95. The number of hydrogen-bond donors (Lipinski definition) is 0. The zero-order valence-electron chi connectivity index (χ0n) is 15.8. The van der Waals surface area contributed by atoms with Gasteiger partial charge in [0.05, 0.1) is 6.54 Å². The first-order valence-electron chi connectivity index (χ1n) is 8.87. The summed E-state index contributed by atoms with van der Waals surface area (Å²) in [4.78, 5) is 20.6. The third-order valence-corrected chi connectivity index (χ3v) is 4.41. The van der Waals surface area contributed by atoms with Gasteiger partial charge in [0.2, 0.25) is 5.91 Å². The monoisotopic (exact) mass is 382 g/mol. The van der Waals surface area contributed by atoms with Crippen LogP contribution >= 0.6 is 0 Å². The van der Waals surface area contributed by atoms with Gasteiger partial charge in [0.15, 0.2) is 0 Å². The maximum absolute atomic E-state index is 13.1. The van der Waals surface area contributed by atoms with Gasteiger partial charge in [-0.3, -0.25) is 9.69 Å². The van der Waals surface area contributed by atoms with Crippen molar-refractivity contribution in [3.8, 4) is 0 Å². The lowest BCUT2D eigenvalue weighted by Gasteiger charge is -2.32. The van der Waals surface area contributed by atoms with Crippen LogP contribution in [0.25, 0.3) is 0 Å². The summed E-state index contributed by atoms with van der Waals surface area (Å²) >= 11 is 0. The van der Waals surface area contributed by atoms with Crippen molar-refractivity contribution in [3.63, 3.8) is 0 Å². The summed E-state index contributed by atoms with van der Waals surface area (Å²) in [6, 6.07) is 8.66. The molecule has 1 amide bonds. The largest absolute Gasteiger partial charge is 0.406 e. The van der Waals surface area contributed by atoms with Crippen LogP contribution in [0, 0.1) is 0 Å². The molecule has 1 heterocycles. The van der Waals surface area contributed by atoms with E-state index in [4.69, 9.17) is 0 Å². The van der Waals surface area contributed by atoms with Crippen LogP contribution < -0.4 is 0 Å². The predicted octanol–water partition coefficient (Wildman–Crippen LogP) is 3.49. The van der Waals surface area contributed by atoms with Gasteiger partial charge in [0.25, 0.3) is 0 Å². The van der Waals surface area contributed by atoms with Crippen LogP contribution in [0.2, 0.25) is 0 Å². The molecule has 0 bridgehead atoms. The van der Waals surface area contributed by atoms with Crippen LogP contribution in [0.4, 0.5) is 13.2 Å². The van der Waals surface area contributed by atoms with Crippen LogP contribution in [-0.4, -0.2) is 51.6 Å². The molecular formula is C19H25F3N4O. The van der Waals surface area contributed by atoms with E-state index in [2.05, 4.69) is 4.98 Å². The predicted molar refractivity (Wildman–Crippen MR) is 96.9 cm³/mol. The van der Waals surface area contributed by atoms with Crippen molar-refractivity contribution < 1.29 is 18.0 Å². The molecule has 0 aliphatic rings. The molecule has 27 heavy (non-hydrogen) atoms. The Kier molecular flexibility index (Phi) is 7.01. The lowest BCUT2D eigenvalue weighted by Crippen LogP contribution is -2.41. The number of nitrogens with zero attached hydrogens (tertiary/aromatic N) is 4. The number of carbonyl (C=O) groups excluding carboxylic acids is 1. The SMILES string of the molecule is CCN(CC)C(=O)C(c1ccccc1)N(C)Cc1nccn1CC(F)(F)F. The molecule has 1 aromatic heterocycles. The van der Waals surface area contributed by atoms with Crippen LogP contribution in [0.5, 0.6) is 0 Å². The van der Waals surface area contributed by atoms with Crippen molar-refractivity contribution in [2.24, 2.45) is 0 Å². The Balaban J connectivity index is 2.29. The van der Waals surface area contributed by atoms with Gasteiger partial charge in [0.1, 0.15) is 18.4 Å². The molecule has 0 saturated carbocycles. The van der Waals surface area contributed by atoms with E-state index < -0.39 is 18.8 Å². The van der Waals surface area contributed by atoms with Crippen molar-refractivity contribution >= 4 is 5.91 Å². The van der Waals surface area contributed by atoms with Gasteiger partial charge >= 0.3 is 6.18 Å². The number of alkyl halides is 3. The molecule has 0 saturated heterocycles. The van der Waals surface area contributed by atoms with E-state index >= 15 is 0 Å². The molecule has 2 rings (SSSR count). The fourth-order valence-corrected chi connectivity index (χ4v) is 3.07. The van der Waals surface area contributed by atoms with E-state index in [0.717, 1.165) is 10.1 Å². The average Bonchev–Trinajstić information content (AvgIpc) is 3.02. The van der Waals surface area contributed by atoms with E-state index in [9.17, 15) is 18.0 Å². The summed E-state index contributed by atoms with van der Waals surface area (Å²) in [5.74, 6) is 0.186. The second-order valence-corrected chi connectivity index (χ2v) is 6.33. The second-order valence-electron chi connectivity index (χ2n) is 6.33. The average molecular weight is 382 g/mol. The highest BCUT2D eigenvalue weighted by atomic mass is 19.4. The zero-order valence-corrected chi connectivity index (χ0v) is 15.8. The van der Waals surface area contributed by atoms with Crippen LogP contribution in [0.15, 0.2) is 42.7 Å². The fraction of sp³-hybridized carbons (Fsp3) is 0.474. The topological polar surface area (TPSA) is 41.4 Å². The third kappa shape index (κ3) is 5.56. The maximum Gasteiger partial charge on any atom is 0.406 e. The number of aromatic nitrogens is 2. The normalized spacial score (nSPS) is 13.0. The van der Waals surface area contributed by atoms with Gasteiger partial charge in [-0.15, -0.1) is 0 Å². The molecule has 0 radical (unpaired) electrons. The van der Waals surface area contributed by atoms with Gasteiger partial charge < -0.3 is 9.47 Å². The Morgan fingerprint density at radius 2 is 1.81 bits per heavy atom. The lowest BCUT2D eigenvalue weighted by atomic mass is 10.0. The minimum absolute atomic E-state index is 0.0809. The molecule has 0 fully saturated rings. The highest BCUT2D eigenvalue weighted by Crippen LogP contribution is 2.25. The van der Waals surface area contributed by atoms with Crippen molar-refractivity contribution in [1.82, 2.24) is 19.4 Å². The quantitative estimate of drug-likeness (QED) is 0.702. The van der Waals surface area contributed by atoms with E-state index in [0.29, 0.717) is 13.1 Å². The Hall–Kier alpha value is -2.35. The summed E-state index contributed by atoms with van der Waals surface area (Å²) in [5.41, 5.74) is 0.797. The van der Waals surface area contributed by atoms with Crippen molar-refractivity contribution in [2.45, 2.75) is 39.2 Å². The van der Waals surface area contributed by atoms with Crippen LogP contribution in [-0.2, 0) is 17.9 Å². The Morgan fingerprint density at radius 1 is 1.19 bits per heavy atom. The number of rotatable bonds is 8. The smallest absolute Gasteiger partial charge is 0.342 e. The second kappa shape index (κ2) is 9.03. The number of halogens is 3. The molecule has 1 unspecified atom stereocenters. The first kappa shape index (κ1) is 21.0. The van der Waals surface area contributed by atoms with Crippen LogP contribution in [0.3, 0.4) is 0 Å². The van der Waals surface area contributed by atoms with Crippen LogP contribution in [0.1, 0.15) is 31.3 Å². The number of carbonyl (C=O) groups is 1. The molecule has 1 atom stereocenters. The lowest BCUT2D eigenvalue weighted by molar-refractivity contribution is -0.142. The fourth-order valence-electron chi connectivity index (χ4n) is 3.07.